The fourth-order valence-corrected chi connectivity index (χ4v) is 3.68. The van der Waals surface area contributed by atoms with Crippen LogP contribution in [0.15, 0.2) is 29.3 Å². The normalized spacial score (nSPS) is 18.6. The van der Waals surface area contributed by atoms with Crippen molar-refractivity contribution in [3.63, 3.8) is 0 Å². The van der Waals surface area contributed by atoms with Crippen LogP contribution in [0.4, 0.5) is 4.79 Å². The molecule has 1 aromatic rings. The summed E-state index contributed by atoms with van der Waals surface area (Å²) in [5.41, 5.74) is 2.72. The molecule has 0 bridgehead atoms. The van der Waals surface area contributed by atoms with E-state index in [0.29, 0.717) is 19.0 Å². The summed E-state index contributed by atoms with van der Waals surface area (Å²) in [5.74, 6) is 1.20. The Kier molecular flexibility index (Phi) is 7.09. The van der Waals surface area contributed by atoms with Crippen molar-refractivity contribution in [1.29, 1.82) is 0 Å². The Hall–Kier alpha value is -2.61. The second-order valence-corrected chi connectivity index (χ2v) is 7.84. The Bertz CT molecular complexity index is 722. The van der Waals surface area contributed by atoms with Gasteiger partial charge in [-0.25, -0.2) is 4.79 Å². The van der Waals surface area contributed by atoms with Crippen LogP contribution < -0.4 is 10.6 Å². The van der Waals surface area contributed by atoms with Crippen LogP contribution in [0, 0.1) is 0 Å². The first-order chi connectivity index (χ1) is 14.0. The molecular formula is C21H32N6O2. The average molecular weight is 401 g/mol. The third-order valence-corrected chi connectivity index (χ3v) is 5.49. The summed E-state index contributed by atoms with van der Waals surface area (Å²) < 4.78 is 0. The van der Waals surface area contributed by atoms with Crippen LogP contribution in [0.3, 0.4) is 0 Å². The minimum atomic E-state index is -0.318. The van der Waals surface area contributed by atoms with Crippen molar-refractivity contribution in [2.75, 3.05) is 52.9 Å². The standard InChI is InChI=1S/C21H32N6O2/c1-16(2)18-6-4-17(5-7-18)15-25-10-12-26(13-11-25)20(22-3)23-8-9-27-19(28)14-24-21(27)29/h4-7,16H,8-15H2,1-3H3,(H,22,23)(H,24,29). The zero-order valence-corrected chi connectivity index (χ0v) is 17.6. The fourth-order valence-electron chi connectivity index (χ4n) is 3.68. The van der Waals surface area contributed by atoms with Crippen LogP contribution >= 0.6 is 0 Å². The maximum absolute atomic E-state index is 11.6. The molecule has 3 amide bonds. The highest BCUT2D eigenvalue weighted by Gasteiger charge is 2.28. The summed E-state index contributed by atoms with van der Waals surface area (Å²) in [6.07, 6.45) is 0. The molecule has 2 aliphatic rings. The lowest BCUT2D eigenvalue weighted by Crippen LogP contribution is -2.53. The SMILES string of the molecule is CN=C(NCCN1C(=O)CNC1=O)N1CCN(Cc2ccc(C(C)C)cc2)CC1. The lowest BCUT2D eigenvalue weighted by Gasteiger charge is -2.36. The van der Waals surface area contributed by atoms with E-state index in [0.717, 1.165) is 38.7 Å². The average Bonchev–Trinajstić information content (AvgIpc) is 3.04. The van der Waals surface area contributed by atoms with Gasteiger partial charge in [0, 0.05) is 52.9 Å². The molecular weight excluding hydrogens is 368 g/mol. The van der Waals surface area contributed by atoms with Gasteiger partial charge < -0.3 is 15.5 Å². The van der Waals surface area contributed by atoms with Gasteiger partial charge in [-0.2, -0.15) is 0 Å². The van der Waals surface area contributed by atoms with Crippen molar-refractivity contribution in [3.8, 4) is 0 Å². The van der Waals surface area contributed by atoms with Crippen molar-refractivity contribution in [2.24, 2.45) is 4.99 Å². The van der Waals surface area contributed by atoms with Gasteiger partial charge in [0.25, 0.3) is 0 Å². The molecule has 29 heavy (non-hydrogen) atoms. The number of nitrogens with zero attached hydrogens (tertiary/aromatic N) is 4. The fraction of sp³-hybridized carbons (Fsp3) is 0.571. The molecule has 2 fully saturated rings. The molecule has 8 heteroatoms. The van der Waals surface area contributed by atoms with Crippen LogP contribution in [-0.2, 0) is 11.3 Å². The van der Waals surface area contributed by atoms with E-state index in [-0.39, 0.29) is 18.5 Å². The number of hydrogen-bond donors (Lipinski definition) is 2. The molecule has 2 aliphatic heterocycles. The molecule has 0 spiro atoms. The number of urea groups is 1. The summed E-state index contributed by atoms with van der Waals surface area (Å²) in [6.45, 7) is 10.1. The largest absolute Gasteiger partial charge is 0.354 e. The monoisotopic (exact) mass is 400 g/mol. The zero-order valence-electron chi connectivity index (χ0n) is 17.6. The number of aliphatic imine (C=N–C) groups is 1. The Morgan fingerprint density at radius 3 is 2.38 bits per heavy atom. The molecule has 158 valence electrons. The minimum Gasteiger partial charge on any atom is -0.354 e. The molecule has 2 N–H and O–H groups in total. The van der Waals surface area contributed by atoms with Crippen molar-refractivity contribution in [2.45, 2.75) is 26.3 Å². The predicted octanol–water partition coefficient (Wildman–Crippen LogP) is 1.05. The molecule has 2 saturated heterocycles. The lowest BCUT2D eigenvalue weighted by molar-refractivity contribution is -0.124. The first kappa shape index (κ1) is 21.1. The highest BCUT2D eigenvalue weighted by molar-refractivity contribution is 6.01. The van der Waals surface area contributed by atoms with Gasteiger partial charge in [-0.15, -0.1) is 0 Å². The topological polar surface area (TPSA) is 80.3 Å². The van der Waals surface area contributed by atoms with Gasteiger partial charge >= 0.3 is 6.03 Å². The lowest BCUT2D eigenvalue weighted by atomic mass is 10.0. The summed E-state index contributed by atoms with van der Waals surface area (Å²) >= 11 is 0. The van der Waals surface area contributed by atoms with Crippen molar-refractivity contribution in [3.05, 3.63) is 35.4 Å². The second kappa shape index (κ2) is 9.73. The van der Waals surface area contributed by atoms with E-state index in [4.69, 9.17) is 0 Å². The van der Waals surface area contributed by atoms with Gasteiger partial charge in [0.2, 0.25) is 5.91 Å². The first-order valence-electron chi connectivity index (χ1n) is 10.3. The number of benzene rings is 1. The van der Waals surface area contributed by atoms with Crippen molar-refractivity contribution < 1.29 is 9.59 Å². The van der Waals surface area contributed by atoms with E-state index >= 15 is 0 Å². The molecule has 8 nitrogen and oxygen atoms in total. The highest BCUT2D eigenvalue weighted by Crippen LogP contribution is 2.16. The molecule has 0 unspecified atom stereocenters. The van der Waals surface area contributed by atoms with Gasteiger partial charge in [0.1, 0.15) is 0 Å². The summed E-state index contributed by atoms with van der Waals surface area (Å²) in [7, 11) is 1.76. The quantitative estimate of drug-likeness (QED) is 0.424. The third kappa shape index (κ3) is 5.47. The summed E-state index contributed by atoms with van der Waals surface area (Å²) in [4.78, 5) is 33.5. The highest BCUT2D eigenvalue weighted by atomic mass is 16.2. The van der Waals surface area contributed by atoms with Crippen LogP contribution in [-0.4, -0.2) is 85.5 Å². The van der Waals surface area contributed by atoms with E-state index < -0.39 is 0 Å². The van der Waals surface area contributed by atoms with Crippen LogP contribution in [0.2, 0.25) is 0 Å². The number of amides is 3. The van der Waals surface area contributed by atoms with Gasteiger partial charge in [0.15, 0.2) is 5.96 Å². The van der Waals surface area contributed by atoms with E-state index in [1.165, 1.54) is 16.0 Å². The third-order valence-electron chi connectivity index (χ3n) is 5.49. The van der Waals surface area contributed by atoms with Crippen molar-refractivity contribution >= 4 is 17.9 Å². The summed E-state index contributed by atoms with van der Waals surface area (Å²) in [6, 6.07) is 8.61. The number of nitrogens with one attached hydrogen (secondary N) is 2. The van der Waals surface area contributed by atoms with Crippen LogP contribution in [0.25, 0.3) is 0 Å². The van der Waals surface area contributed by atoms with Gasteiger partial charge in [-0.1, -0.05) is 38.1 Å². The van der Waals surface area contributed by atoms with Gasteiger partial charge in [-0.3, -0.25) is 19.6 Å². The first-order valence-corrected chi connectivity index (χ1v) is 10.3. The zero-order chi connectivity index (χ0) is 20.8. The molecule has 0 aromatic heterocycles. The van der Waals surface area contributed by atoms with E-state index in [1.807, 2.05) is 0 Å². The number of carbonyl (C=O) groups excluding carboxylic acids is 2. The molecule has 0 aliphatic carbocycles. The number of hydrogen-bond acceptors (Lipinski definition) is 4. The smallest absolute Gasteiger partial charge is 0.324 e. The van der Waals surface area contributed by atoms with E-state index in [2.05, 4.69) is 63.5 Å². The minimum absolute atomic E-state index is 0.0930. The molecule has 0 radical (unpaired) electrons. The Labute approximate surface area is 172 Å². The van der Waals surface area contributed by atoms with Gasteiger partial charge in [0.05, 0.1) is 6.54 Å². The predicted molar refractivity (Wildman–Crippen MR) is 114 cm³/mol. The number of piperazine rings is 1. The maximum atomic E-state index is 11.6. The second-order valence-electron chi connectivity index (χ2n) is 7.84. The Morgan fingerprint density at radius 2 is 1.83 bits per heavy atom. The molecule has 1 aromatic carbocycles. The molecule has 3 rings (SSSR count). The van der Waals surface area contributed by atoms with Crippen LogP contribution in [0.5, 0.6) is 0 Å². The molecule has 0 saturated carbocycles. The number of guanidine groups is 1. The van der Waals surface area contributed by atoms with Crippen LogP contribution in [0.1, 0.15) is 30.9 Å². The summed E-state index contributed by atoms with van der Waals surface area (Å²) in [5, 5.41) is 5.80. The van der Waals surface area contributed by atoms with Gasteiger partial charge in [-0.05, 0) is 17.0 Å². The van der Waals surface area contributed by atoms with Crippen molar-refractivity contribution in [1.82, 2.24) is 25.3 Å². The van der Waals surface area contributed by atoms with E-state index in [9.17, 15) is 9.59 Å². The van der Waals surface area contributed by atoms with E-state index in [1.54, 1.807) is 7.05 Å². The maximum Gasteiger partial charge on any atom is 0.324 e. The Balaban J connectivity index is 1.42. The number of carbonyl (C=O) groups is 2. The molecule has 2 heterocycles. The molecule has 0 atom stereocenters. The number of imide groups is 1. The number of rotatable bonds is 6. The Morgan fingerprint density at radius 1 is 1.14 bits per heavy atom.